The van der Waals surface area contributed by atoms with Gasteiger partial charge in [-0.05, 0) is 32.8 Å². The van der Waals surface area contributed by atoms with Gasteiger partial charge >= 0.3 is 5.97 Å². The van der Waals surface area contributed by atoms with Gasteiger partial charge in [0.1, 0.15) is 6.61 Å². The van der Waals surface area contributed by atoms with E-state index in [0.29, 0.717) is 6.42 Å². The second kappa shape index (κ2) is 6.03. The van der Waals surface area contributed by atoms with Crippen LogP contribution in [0.15, 0.2) is 17.1 Å². The average Bonchev–Trinajstić information content (AvgIpc) is 2.20. The van der Waals surface area contributed by atoms with Crippen molar-refractivity contribution in [3.63, 3.8) is 0 Å². The predicted octanol–water partition coefficient (Wildman–Crippen LogP) is 2.87. The summed E-state index contributed by atoms with van der Waals surface area (Å²) in [5.74, 6) is 0.500. The number of aliphatic imine (C=N–C) groups is 1. The Kier molecular flexibility index (Phi) is 4.93. The van der Waals surface area contributed by atoms with Crippen molar-refractivity contribution >= 4 is 11.9 Å². The Morgan fingerprint density at radius 3 is 2.83 bits per heavy atom. The van der Waals surface area contributed by atoms with Gasteiger partial charge in [0.25, 0.3) is 0 Å². The third-order valence-corrected chi connectivity index (χ3v) is 2.72. The zero-order valence-electron chi connectivity index (χ0n) is 11.8. The third-order valence-electron chi connectivity index (χ3n) is 2.72. The summed E-state index contributed by atoms with van der Waals surface area (Å²) in [5.41, 5.74) is 0.831. The lowest BCUT2D eigenvalue weighted by molar-refractivity contribution is -0.140. The van der Waals surface area contributed by atoms with Crippen LogP contribution < -0.4 is 0 Å². The predicted molar refractivity (Wildman–Crippen MR) is 71.7 cm³/mol. The highest BCUT2D eigenvalue weighted by Crippen LogP contribution is 2.25. The normalized spacial score (nSPS) is 21.8. The molecule has 0 bridgehead atoms. The Bertz CT molecular complexity index is 358. The van der Waals surface area contributed by atoms with E-state index in [-0.39, 0.29) is 24.2 Å². The first-order valence-corrected chi connectivity index (χ1v) is 6.34. The molecule has 4 heteroatoms. The topological polar surface area (TPSA) is 47.9 Å². The van der Waals surface area contributed by atoms with Crippen LogP contribution in [0.25, 0.3) is 0 Å². The average molecular weight is 253 g/mol. The maximum Gasteiger partial charge on any atom is 0.302 e. The van der Waals surface area contributed by atoms with E-state index in [2.05, 4.69) is 32.3 Å². The van der Waals surface area contributed by atoms with Gasteiger partial charge in [-0.25, -0.2) is 4.99 Å². The van der Waals surface area contributed by atoms with E-state index >= 15 is 0 Å². The van der Waals surface area contributed by atoms with Crippen LogP contribution in [0.2, 0.25) is 0 Å². The van der Waals surface area contributed by atoms with Crippen molar-refractivity contribution in [2.45, 2.75) is 58.6 Å². The van der Waals surface area contributed by atoms with Gasteiger partial charge in [-0.2, -0.15) is 0 Å². The van der Waals surface area contributed by atoms with Crippen molar-refractivity contribution in [1.82, 2.24) is 0 Å². The van der Waals surface area contributed by atoms with Crippen LogP contribution in [0.3, 0.4) is 0 Å². The molecule has 18 heavy (non-hydrogen) atoms. The molecule has 0 saturated heterocycles. The highest BCUT2D eigenvalue weighted by molar-refractivity contribution is 5.77. The molecule has 0 radical (unpaired) electrons. The van der Waals surface area contributed by atoms with Crippen LogP contribution in [-0.2, 0) is 14.3 Å². The second-order valence-corrected chi connectivity index (χ2v) is 5.48. The maximum absolute atomic E-state index is 10.7. The minimum absolute atomic E-state index is 0.0514. The zero-order chi connectivity index (χ0) is 13.8. The van der Waals surface area contributed by atoms with Crippen LogP contribution in [0.5, 0.6) is 0 Å². The molecule has 0 aromatic rings. The monoisotopic (exact) mass is 253 g/mol. The Labute approximate surface area is 109 Å². The summed E-state index contributed by atoms with van der Waals surface area (Å²) in [6.45, 7) is 11.8. The zero-order valence-corrected chi connectivity index (χ0v) is 11.8. The molecule has 1 unspecified atom stereocenters. The van der Waals surface area contributed by atoms with Crippen LogP contribution in [-0.4, -0.2) is 30.1 Å². The van der Waals surface area contributed by atoms with E-state index in [1.165, 1.54) is 6.92 Å². The standard InChI is InChI=1S/C14H23NO3/c1-10(9-17-12(3)16)6-7-13-15-14(4,5)8-11(2)18-13/h11H,1,6-9H2,2-5H3. The Morgan fingerprint density at radius 1 is 1.61 bits per heavy atom. The van der Waals surface area contributed by atoms with Gasteiger partial charge < -0.3 is 9.47 Å². The molecule has 0 fully saturated rings. The summed E-state index contributed by atoms with van der Waals surface area (Å²) < 4.78 is 10.6. The molecule has 0 aliphatic carbocycles. The van der Waals surface area contributed by atoms with Crippen LogP contribution >= 0.6 is 0 Å². The van der Waals surface area contributed by atoms with Gasteiger partial charge in [0.15, 0.2) is 5.90 Å². The van der Waals surface area contributed by atoms with Gasteiger partial charge in [0.05, 0.1) is 11.6 Å². The number of carbonyl (C=O) groups is 1. The first-order valence-electron chi connectivity index (χ1n) is 6.34. The number of ether oxygens (including phenoxy) is 2. The van der Waals surface area contributed by atoms with Gasteiger partial charge in [0, 0.05) is 19.8 Å². The van der Waals surface area contributed by atoms with E-state index < -0.39 is 0 Å². The molecule has 0 saturated carbocycles. The van der Waals surface area contributed by atoms with E-state index in [9.17, 15) is 4.79 Å². The molecule has 1 aliphatic rings. The summed E-state index contributed by atoms with van der Waals surface area (Å²) >= 11 is 0. The highest BCUT2D eigenvalue weighted by Gasteiger charge is 2.27. The van der Waals surface area contributed by atoms with Crippen LogP contribution in [0, 0.1) is 0 Å². The van der Waals surface area contributed by atoms with Crippen molar-refractivity contribution in [1.29, 1.82) is 0 Å². The lowest BCUT2D eigenvalue weighted by Crippen LogP contribution is -2.33. The number of esters is 1. The lowest BCUT2D eigenvalue weighted by Gasteiger charge is -2.31. The molecule has 0 aromatic heterocycles. The molecule has 0 amide bonds. The van der Waals surface area contributed by atoms with Crippen LogP contribution in [0.1, 0.15) is 47.0 Å². The fourth-order valence-electron chi connectivity index (χ4n) is 2.06. The van der Waals surface area contributed by atoms with Gasteiger partial charge in [-0.3, -0.25) is 4.79 Å². The summed E-state index contributed by atoms with van der Waals surface area (Å²) in [5, 5.41) is 0. The quantitative estimate of drug-likeness (QED) is 0.559. The SMILES string of the molecule is C=C(CCC1=NC(C)(C)CC(C)O1)COC(C)=O. The molecule has 0 spiro atoms. The smallest absolute Gasteiger partial charge is 0.302 e. The highest BCUT2D eigenvalue weighted by atomic mass is 16.5. The maximum atomic E-state index is 10.7. The summed E-state index contributed by atoms with van der Waals surface area (Å²) in [4.78, 5) is 15.2. The van der Waals surface area contributed by atoms with Gasteiger partial charge in [-0.15, -0.1) is 0 Å². The molecule has 0 N–H and O–H groups in total. The fourth-order valence-corrected chi connectivity index (χ4v) is 2.06. The summed E-state index contributed by atoms with van der Waals surface area (Å²) in [7, 11) is 0. The van der Waals surface area contributed by atoms with E-state index in [0.717, 1.165) is 24.3 Å². The molecule has 0 aromatic carbocycles. The first-order chi connectivity index (χ1) is 8.28. The van der Waals surface area contributed by atoms with Gasteiger partial charge in [0.2, 0.25) is 0 Å². The van der Waals surface area contributed by atoms with Gasteiger partial charge in [-0.1, -0.05) is 6.58 Å². The second-order valence-electron chi connectivity index (χ2n) is 5.48. The number of carbonyl (C=O) groups excluding carboxylic acids is 1. The minimum atomic E-state index is -0.280. The number of rotatable bonds is 5. The van der Waals surface area contributed by atoms with E-state index in [4.69, 9.17) is 9.47 Å². The van der Waals surface area contributed by atoms with Crippen molar-refractivity contribution in [3.05, 3.63) is 12.2 Å². The summed E-state index contributed by atoms with van der Waals surface area (Å²) in [6.07, 6.45) is 2.59. The largest absolute Gasteiger partial charge is 0.478 e. The van der Waals surface area contributed by atoms with Crippen molar-refractivity contribution in [2.24, 2.45) is 4.99 Å². The molecular weight excluding hydrogens is 230 g/mol. The van der Waals surface area contributed by atoms with E-state index in [1.54, 1.807) is 0 Å². The Balaban J connectivity index is 2.41. The molecular formula is C14H23NO3. The molecule has 102 valence electrons. The Hall–Kier alpha value is -1.32. The summed E-state index contributed by atoms with van der Waals surface area (Å²) in [6, 6.07) is 0. The Morgan fingerprint density at radius 2 is 2.28 bits per heavy atom. The number of nitrogens with zero attached hydrogens (tertiary/aromatic N) is 1. The fraction of sp³-hybridized carbons (Fsp3) is 0.714. The van der Waals surface area contributed by atoms with Crippen molar-refractivity contribution in [3.8, 4) is 0 Å². The molecule has 4 nitrogen and oxygen atoms in total. The third kappa shape index (κ3) is 5.34. The number of hydrogen-bond acceptors (Lipinski definition) is 4. The minimum Gasteiger partial charge on any atom is -0.478 e. The molecule has 1 aliphatic heterocycles. The van der Waals surface area contributed by atoms with E-state index in [1.807, 2.05) is 0 Å². The number of hydrogen-bond donors (Lipinski definition) is 0. The lowest BCUT2D eigenvalue weighted by atomic mass is 9.96. The molecule has 1 atom stereocenters. The molecule has 1 rings (SSSR count). The van der Waals surface area contributed by atoms with Crippen LogP contribution in [0.4, 0.5) is 0 Å². The molecule has 1 heterocycles. The first kappa shape index (κ1) is 14.7. The van der Waals surface area contributed by atoms with Crippen molar-refractivity contribution < 1.29 is 14.3 Å². The van der Waals surface area contributed by atoms with Crippen molar-refractivity contribution in [2.75, 3.05) is 6.61 Å².